The van der Waals surface area contributed by atoms with Gasteiger partial charge in [-0.3, -0.25) is 4.79 Å². The molecule has 0 bridgehead atoms. The van der Waals surface area contributed by atoms with Gasteiger partial charge in [0.2, 0.25) is 0 Å². The van der Waals surface area contributed by atoms with E-state index in [2.05, 4.69) is 34.7 Å². The lowest BCUT2D eigenvalue weighted by molar-refractivity contribution is 0.0954. The van der Waals surface area contributed by atoms with E-state index in [1.165, 1.54) is 5.56 Å². The largest absolute Gasteiger partial charge is 0.371 e. The molecule has 0 aromatic heterocycles. The quantitative estimate of drug-likeness (QED) is 0.590. The summed E-state index contributed by atoms with van der Waals surface area (Å²) in [5, 5.41) is 8.65. The molecule has 0 radical (unpaired) electrons. The van der Waals surface area contributed by atoms with Crippen LogP contribution < -0.4 is 20.9 Å². The van der Waals surface area contributed by atoms with E-state index in [0.29, 0.717) is 23.7 Å². The molecule has 3 N–H and O–H groups in total. The van der Waals surface area contributed by atoms with Crippen molar-refractivity contribution in [3.8, 4) is 0 Å². The van der Waals surface area contributed by atoms with Crippen LogP contribution in [0.2, 0.25) is 0 Å². The van der Waals surface area contributed by atoms with Crippen LogP contribution in [-0.4, -0.2) is 31.6 Å². The van der Waals surface area contributed by atoms with Gasteiger partial charge in [-0.1, -0.05) is 32.9 Å². The van der Waals surface area contributed by atoms with Crippen LogP contribution in [0.1, 0.15) is 61.9 Å². The number of carbonyl (C=O) groups excluding carboxylic acids is 2. The van der Waals surface area contributed by atoms with E-state index < -0.39 is 0 Å². The van der Waals surface area contributed by atoms with Crippen molar-refractivity contribution in [2.24, 2.45) is 0 Å². The second-order valence-corrected chi connectivity index (χ2v) is 8.04. The van der Waals surface area contributed by atoms with Crippen LogP contribution in [0.15, 0.2) is 42.5 Å². The van der Waals surface area contributed by atoms with Crippen LogP contribution in [0.4, 0.5) is 21.9 Å². The fourth-order valence-electron chi connectivity index (χ4n) is 3.61. The molecule has 0 unspecified atom stereocenters. The topological polar surface area (TPSA) is 73.5 Å². The molecule has 1 fully saturated rings. The van der Waals surface area contributed by atoms with Gasteiger partial charge >= 0.3 is 6.03 Å². The highest BCUT2D eigenvalue weighted by Crippen LogP contribution is 2.28. The van der Waals surface area contributed by atoms with Gasteiger partial charge in [-0.15, -0.1) is 0 Å². The van der Waals surface area contributed by atoms with Gasteiger partial charge in [-0.05, 0) is 61.1 Å². The zero-order valence-electron chi connectivity index (χ0n) is 18.1. The molecule has 2 aromatic carbocycles. The highest BCUT2D eigenvalue weighted by atomic mass is 16.2. The Kier molecular flexibility index (Phi) is 7.33. The van der Waals surface area contributed by atoms with Crippen LogP contribution in [-0.2, 0) is 0 Å². The molecule has 1 aliphatic rings. The van der Waals surface area contributed by atoms with Crippen LogP contribution >= 0.6 is 0 Å². The fourth-order valence-corrected chi connectivity index (χ4v) is 3.61. The number of carbonyl (C=O) groups is 2. The van der Waals surface area contributed by atoms with Crippen LogP contribution in [0.5, 0.6) is 0 Å². The molecule has 160 valence electrons. The molecular weight excluding hydrogens is 376 g/mol. The van der Waals surface area contributed by atoms with E-state index >= 15 is 0 Å². The molecule has 1 saturated heterocycles. The molecular formula is C24H32N4O2. The zero-order valence-corrected chi connectivity index (χ0v) is 18.1. The molecule has 2 aromatic rings. The van der Waals surface area contributed by atoms with Crippen molar-refractivity contribution in [2.75, 3.05) is 35.2 Å². The normalized spacial score (nSPS) is 13.4. The van der Waals surface area contributed by atoms with Gasteiger partial charge < -0.3 is 20.9 Å². The van der Waals surface area contributed by atoms with Crippen molar-refractivity contribution >= 4 is 29.0 Å². The summed E-state index contributed by atoms with van der Waals surface area (Å²) in [4.78, 5) is 27.4. The van der Waals surface area contributed by atoms with E-state index in [4.69, 9.17) is 0 Å². The number of urea groups is 1. The monoisotopic (exact) mass is 408 g/mol. The Morgan fingerprint density at radius 1 is 0.967 bits per heavy atom. The lowest BCUT2D eigenvalue weighted by Crippen LogP contribution is -2.28. The number of hydrogen-bond donors (Lipinski definition) is 3. The number of benzene rings is 2. The summed E-state index contributed by atoms with van der Waals surface area (Å²) in [6.07, 6.45) is 3.14. The second kappa shape index (κ2) is 10.1. The summed E-state index contributed by atoms with van der Waals surface area (Å²) in [6, 6.07) is 13.0. The molecule has 6 heteroatoms. The van der Waals surface area contributed by atoms with Gasteiger partial charge in [0.15, 0.2) is 0 Å². The molecule has 6 nitrogen and oxygen atoms in total. The average Bonchev–Trinajstić information content (AvgIpc) is 3.27. The van der Waals surface area contributed by atoms with Crippen molar-refractivity contribution in [2.45, 2.75) is 46.0 Å². The minimum absolute atomic E-state index is 0.105. The standard InChI is InChI=1S/C24H32N4O2/c1-4-13-25-23(29)21-16-20(11-12-22(21)28-14-5-6-15-28)27-24(30)26-19-9-7-18(8-10-19)17(2)3/h7-12,16-17H,4-6,13-15H2,1-3H3,(H,25,29)(H2,26,27,30). The van der Waals surface area contributed by atoms with E-state index in [1.807, 2.05) is 43.3 Å². The molecule has 0 spiro atoms. The van der Waals surface area contributed by atoms with E-state index in [1.54, 1.807) is 6.07 Å². The Morgan fingerprint density at radius 2 is 1.60 bits per heavy atom. The number of rotatable bonds is 7. The smallest absolute Gasteiger partial charge is 0.323 e. The first-order chi connectivity index (χ1) is 14.5. The molecule has 3 amide bonds. The first-order valence-electron chi connectivity index (χ1n) is 10.8. The highest BCUT2D eigenvalue weighted by Gasteiger charge is 2.20. The third-order valence-corrected chi connectivity index (χ3v) is 5.32. The maximum atomic E-state index is 12.7. The summed E-state index contributed by atoms with van der Waals surface area (Å²) in [5.41, 5.74) is 4.07. The summed E-state index contributed by atoms with van der Waals surface area (Å²) in [6.45, 7) is 8.83. The van der Waals surface area contributed by atoms with Crippen molar-refractivity contribution in [3.05, 3.63) is 53.6 Å². The van der Waals surface area contributed by atoms with Crippen LogP contribution in [0.3, 0.4) is 0 Å². The number of hydrogen-bond acceptors (Lipinski definition) is 3. The van der Waals surface area contributed by atoms with Gasteiger partial charge in [0.1, 0.15) is 0 Å². The van der Waals surface area contributed by atoms with Gasteiger partial charge in [0.25, 0.3) is 5.91 Å². The van der Waals surface area contributed by atoms with Crippen molar-refractivity contribution in [1.82, 2.24) is 5.32 Å². The lowest BCUT2D eigenvalue weighted by atomic mass is 10.0. The minimum Gasteiger partial charge on any atom is -0.371 e. The Labute approximate surface area is 179 Å². The number of nitrogens with one attached hydrogen (secondary N) is 3. The Morgan fingerprint density at radius 3 is 2.23 bits per heavy atom. The fraction of sp³-hybridized carbons (Fsp3) is 0.417. The van der Waals surface area contributed by atoms with Crippen molar-refractivity contribution in [1.29, 1.82) is 0 Å². The maximum absolute atomic E-state index is 12.7. The SMILES string of the molecule is CCCNC(=O)c1cc(NC(=O)Nc2ccc(C(C)C)cc2)ccc1N1CCCC1. The van der Waals surface area contributed by atoms with Crippen molar-refractivity contribution < 1.29 is 9.59 Å². The van der Waals surface area contributed by atoms with Crippen molar-refractivity contribution in [3.63, 3.8) is 0 Å². The summed E-state index contributed by atoms with van der Waals surface area (Å²) >= 11 is 0. The molecule has 30 heavy (non-hydrogen) atoms. The predicted molar refractivity (Wildman–Crippen MR) is 124 cm³/mol. The van der Waals surface area contributed by atoms with Crippen LogP contribution in [0.25, 0.3) is 0 Å². The van der Waals surface area contributed by atoms with E-state index in [-0.39, 0.29) is 11.9 Å². The average molecular weight is 409 g/mol. The minimum atomic E-state index is -0.332. The maximum Gasteiger partial charge on any atom is 0.323 e. The van der Waals surface area contributed by atoms with Gasteiger partial charge in [0.05, 0.1) is 5.56 Å². The Hall–Kier alpha value is -3.02. The second-order valence-electron chi connectivity index (χ2n) is 8.04. The number of amides is 3. The predicted octanol–water partition coefficient (Wildman–Crippen LogP) is 5.19. The third kappa shape index (κ3) is 5.53. The highest BCUT2D eigenvalue weighted by molar-refractivity contribution is 6.04. The third-order valence-electron chi connectivity index (χ3n) is 5.32. The van der Waals surface area contributed by atoms with E-state index in [0.717, 1.165) is 43.7 Å². The summed E-state index contributed by atoms with van der Waals surface area (Å²) < 4.78 is 0. The molecule has 1 heterocycles. The Balaban J connectivity index is 1.73. The number of anilines is 3. The molecule has 0 atom stereocenters. The summed E-state index contributed by atoms with van der Waals surface area (Å²) in [5.74, 6) is 0.339. The van der Waals surface area contributed by atoms with Gasteiger partial charge in [-0.25, -0.2) is 4.79 Å². The van der Waals surface area contributed by atoms with E-state index in [9.17, 15) is 9.59 Å². The zero-order chi connectivity index (χ0) is 21.5. The number of nitrogens with zero attached hydrogens (tertiary/aromatic N) is 1. The lowest BCUT2D eigenvalue weighted by Gasteiger charge is -2.22. The molecule has 1 aliphatic heterocycles. The van der Waals surface area contributed by atoms with Gasteiger partial charge in [-0.2, -0.15) is 0 Å². The summed E-state index contributed by atoms with van der Waals surface area (Å²) in [7, 11) is 0. The molecule has 3 rings (SSSR count). The first kappa shape index (κ1) is 21.7. The Bertz CT molecular complexity index is 871. The molecule has 0 saturated carbocycles. The van der Waals surface area contributed by atoms with Gasteiger partial charge in [0, 0.05) is 36.7 Å². The van der Waals surface area contributed by atoms with Crippen LogP contribution in [0, 0.1) is 0 Å². The first-order valence-corrected chi connectivity index (χ1v) is 10.8. The molecule has 0 aliphatic carbocycles.